The van der Waals surface area contributed by atoms with Crippen molar-refractivity contribution in [3.63, 3.8) is 0 Å². The first-order valence-electron chi connectivity index (χ1n) is 9.05. The fourth-order valence-electron chi connectivity index (χ4n) is 2.40. The third kappa shape index (κ3) is 8.31. The van der Waals surface area contributed by atoms with Gasteiger partial charge in [0.05, 0.1) is 0 Å². The molecular weight excluding hydrogens is 300 g/mol. The maximum Gasteiger partial charge on any atom is 0.191 e. The molecule has 1 aromatic rings. The Kier molecular flexibility index (Phi) is 10.9. The van der Waals surface area contributed by atoms with Crippen molar-refractivity contribution in [1.82, 2.24) is 15.5 Å². The summed E-state index contributed by atoms with van der Waals surface area (Å²) in [5.41, 5.74) is 2.62. The van der Waals surface area contributed by atoms with Crippen LogP contribution in [0.15, 0.2) is 29.3 Å². The Morgan fingerprint density at radius 2 is 1.71 bits per heavy atom. The van der Waals surface area contributed by atoms with Gasteiger partial charge in [0, 0.05) is 39.9 Å². The lowest BCUT2D eigenvalue weighted by molar-refractivity contribution is 0.145. The van der Waals surface area contributed by atoms with E-state index in [2.05, 4.69) is 58.6 Å². The highest BCUT2D eigenvalue weighted by Gasteiger charge is 2.02. The van der Waals surface area contributed by atoms with Crippen LogP contribution >= 0.6 is 0 Å². The SMILES string of the molecule is CCOCCCNC(=NC)NCc1ccc(CN(CC)CC)cc1. The van der Waals surface area contributed by atoms with Gasteiger partial charge in [-0.3, -0.25) is 9.89 Å². The molecule has 136 valence electrons. The standard InChI is InChI=1S/C19H34N4O/c1-5-23(6-2)16-18-11-9-17(10-12-18)15-22-19(20-4)21-13-8-14-24-7-3/h9-12H,5-8,13-16H2,1-4H3,(H2,20,21,22). The molecule has 0 saturated heterocycles. The minimum atomic E-state index is 0.774. The third-order valence-electron chi connectivity index (χ3n) is 3.97. The molecule has 0 saturated carbocycles. The van der Waals surface area contributed by atoms with Crippen LogP contribution in [0.4, 0.5) is 0 Å². The Balaban J connectivity index is 2.35. The zero-order valence-corrected chi connectivity index (χ0v) is 15.8. The van der Waals surface area contributed by atoms with Crippen molar-refractivity contribution < 1.29 is 4.74 Å². The molecule has 0 aromatic heterocycles. The third-order valence-corrected chi connectivity index (χ3v) is 3.97. The van der Waals surface area contributed by atoms with Gasteiger partial charge in [-0.1, -0.05) is 38.1 Å². The number of rotatable bonds is 11. The molecule has 0 amide bonds. The monoisotopic (exact) mass is 334 g/mol. The lowest BCUT2D eigenvalue weighted by Crippen LogP contribution is -2.37. The van der Waals surface area contributed by atoms with Gasteiger partial charge in [0.1, 0.15) is 0 Å². The van der Waals surface area contributed by atoms with Crippen molar-refractivity contribution in [3.8, 4) is 0 Å². The van der Waals surface area contributed by atoms with E-state index in [1.165, 1.54) is 11.1 Å². The maximum atomic E-state index is 5.33. The highest BCUT2D eigenvalue weighted by molar-refractivity contribution is 5.79. The van der Waals surface area contributed by atoms with E-state index in [4.69, 9.17) is 4.74 Å². The van der Waals surface area contributed by atoms with Gasteiger partial charge in [0.2, 0.25) is 0 Å². The number of hydrogen-bond acceptors (Lipinski definition) is 3. The highest BCUT2D eigenvalue weighted by atomic mass is 16.5. The zero-order chi connectivity index (χ0) is 17.6. The van der Waals surface area contributed by atoms with Crippen LogP contribution in [-0.4, -0.2) is 50.8 Å². The van der Waals surface area contributed by atoms with Gasteiger partial charge in [-0.05, 0) is 37.6 Å². The number of guanidine groups is 1. The molecule has 5 nitrogen and oxygen atoms in total. The van der Waals surface area contributed by atoms with E-state index in [9.17, 15) is 0 Å². The van der Waals surface area contributed by atoms with E-state index in [0.717, 1.165) is 58.3 Å². The van der Waals surface area contributed by atoms with Gasteiger partial charge in [-0.25, -0.2) is 0 Å². The van der Waals surface area contributed by atoms with Crippen LogP contribution in [0.1, 0.15) is 38.3 Å². The van der Waals surface area contributed by atoms with E-state index >= 15 is 0 Å². The van der Waals surface area contributed by atoms with Crippen molar-refractivity contribution in [2.75, 3.05) is 39.9 Å². The van der Waals surface area contributed by atoms with E-state index in [0.29, 0.717) is 0 Å². The Hall–Kier alpha value is -1.59. The fourth-order valence-corrected chi connectivity index (χ4v) is 2.40. The molecule has 0 spiro atoms. The Morgan fingerprint density at radius 1 is 1.04 bits per heavy atom. The summed E-state index contributed by atoms with van der Waals surface area (Å²) in [4.78, 5) is 6.66. The van der Waals surface area contributed by atoms with Gasteiger partial charge in [-0.2, -0.15) is 0 Å². The quantitative estimate of drug-likeness (QED) is 0.371. The molecule has 0 fully saturated rings. The van der Waals surface area contributed by atoms with Crippen LogP contribution in [0.2, 0.25) is 0 Å². The molecule has 0 atom stereocenters. The van der Waals surface area contributed by atoms with Crippen LogP contribution in [0.5, 0.6) is 0 Å². The first-order chi connectivity index (χ1) is 11.7. The number of benzene rings is 1. The summed E-state index contributed by atoms with van der Waals surface area (Å²) in [7, 11) is 1.80. The van der Waals surface area contributed by atoms with Crippen molar-refractivity contribution >= 4 is 5.96 Å². The fraction of sp³-hybridized carbons (Fsp3) is 0.632. The number of nitrogens with one attached hydrogen (secondary N) is 2. The van der Waals surface area contributed by atoms with Crippen molar-refractivity contribution in [1.29, 1.82) is 0 Å². The smallest absolute Gasteiger partial charge is 0.191 e. The first kappa shape index (κ1) is 20.5. The van der Waals surface area contributed by atoms with Gasteiger partial charge in [0.15, 0.2) is 5.96 Å². The minimum absolute atomic E-state index is 0.774. The Labute approximate surface area is 147 Å². The molecule has 24 heavy (non-hydrogen) atoms. The van der Waals surface area contributed by atoms with Crippen LogP contribution in [-0.2, 0) is 17.8 Å². The normalized spacial score (nSPS) is 11.8. The molecule has 1 aromatic carbocycles. The molecule has 1 rings (SSSR count). The first-order valence-corrected chi connectivity index (χ1v) is 9.05. The van der Waals surface area contributed by atoms with E-state index < -0.39 is 0 Å². The molecule has 0 bridgehead atoms. The molecule has 0 aliphatic heterocycles. The molecule has 2 N–H and O–H groups in total. The average Bonchev–Trinajstić information content (AvgIpc) is 2.63. The molecule has 5 heteroatoms. The number of ether oxygens (including phenoxy) is 1. The van der Waals surface area contributed by atoms with Gasteiger partial charge in [0.25, 0.3) is 0 Å². The van der Waals surface area contributed by atoms with Gasteiger partial charge in [-0.15, -0.1) is 0 Å². The summed E-state index contributed by atoms with van der Waals surface area (Å²) in [6, 6.07) is 8.81. The molecule has 0 heterocycles. The second kappa shape index (κ2) is 12.8. The Morgan fingerprint density at radius 3 is 2.29 bits per heavy atom. The topological polar surface area (TPSA) is 48.9 Å². The van der Waals surface area contributed by atoms with Crippen LogP contribution in [0.25, 0.3) is 0 Å². The van der Waals surface area contributed by atoms with Crippen LogP contribution in [0.3, 0.4) is 0 Å². The average molecular weight is 335 g/mol. The lowest BCUT2D eigenvalue weighted by atomic mass is 10.1. The second-order valence-electron chi connectivity index (χ2n) is 5.68. The van der Waals surface area contributed by atoms with E-state index in [-0.39, 0.29) is 0 Å². The predicted octanol–water partition coefficient (Wildman–Crippen LogP) is 2.62. The lowest BCUT2D eigenvalue weighted by Gasteiger charge is -2.18. The number of aliphatic imine (C=N–C) groups is 1. The van der Waals surface area contributed by atoms with Crippen LogP contribution < -0.4 is 10.6 Å². The highest BCUT2D eigenvalue weighted by Crippen LogP contribution is 2.07. The molecule has 0 aliphatic rings. The number of hydrogen-bond donors (Lipinski definition) is 2. The summed E-state index contributed by atoms with van der Waals surface area (Å²) < 4.78 is 5.33. The summed E-state index contributed by atoms with van der Waals surface area (Å²) in [6.45, 7) is 12.8. The molecule has 0 aliphatic carbocycles. The van der Waals surface area contributed by atoms with Crippen LogP contribution in [0, 0.1) is 0 Å². The van der Waals surface area contributed by atoms with E-state index in [1.807, 2.05) is 6.92 Å². The maximum absolute atomic E-state index is 5.33. The minimum Gasteiger partial charge on any atom is -0.382 e. The largest absolute Gasteiger partial charge is 0.382 e. The predicted molar refractivity (Wildman–Crippen MR) is 102 cm³/mol. The number of nitrogens with zero attached hydrogens (tertiary/aromatic N) is 2. The zero-order valence-electron chi connectivity index (χ0n) is 15.8. The van der Waals surface area contributed by atoms with Gasteiger partial charge >= 0.3 is 0 Å². The molecular formula is C19H34N4O. The van der Waals surface area contributed by atoms with Crippen molar-refractivity contribution in [3.05, 3.63) is 35.4 Å². The summed E-state index contributed by atoms with van der Waals surface area (Å²) >= 11 is 0. The van der Waals surface area contributed by atoms with Crippen molar-refractivity contribution in [2.45, 2.75) is 40.3 Å². The summed E-state index contributed by atoms with van der Waals surface area (Å²) in [5, 5.41) is 6.65. The van der Waals surface area contributed by atoms with Crippen molar-refractivity contribution in [2.24, 2.45) is 4.99 Å². The molecule has 0 unspecified atom stereocenters. The van der Waals surface area contributed by atoms with E-state index in [1.54, 1.807) is 7.05 Å². The summed E-state index contributed by atoms with van der Waals surface area (Å²) in [5.74, 6) is 0.832. The molecule has 0 radical (unpaired) electrons. The van der Waals surface area contributed by atoms with Gasteiger partial charge < -0.3 is 15.4 Å². The second-order valence-corrected chi connectivity index (χ2v) is 5.68. The Bertz CT molecular complexity index is 455. The summed E-state index contributed by atoms with van der Waals surface area (Å²) in [6.07, 6.45) is 0.981.